The molecule has 0 bridgehead atoms. The Kier molecular flexibility index (Phi) is 12.1. The number of rotatable bonds is 9. The van der Waals surface area contributed by atoms with E-state index in [9.17, 15) is 4.79 Å². The normalized spacial score (nSPS) is 13.6. The number of nitrogens with two attached hydrogens (primary N) is 1. The lowest BCUT2D eigenvalue weighted by Gasteiger charge is -2.22. The number of unbranched alkanes of at least 4 members (excludes halogenated alkanes) is 3. The van der Waals surface area contributed by atoms with Gasteiger partial charge in [-0.15, -0.1) is 12.4 Å². The summed E-state index contributed by atoms with van der Waals surface area (Å²) in [5, 5.41) is 11.4. The maximum atomic E-state index is 11.7. The smallest absolute Gasteiger partial charge is 0.239 e. The second kappa shape index (κ2) is 10.8. The van der Waals surface area contributed by atoms with Gasteiger partial charge in [-0.3, -0.25) is 4.79 Å². The molecule has 0 aromatic heterocycles. The van der Waals surface area contributed by atoms with Crippen molar-refractivity contribution in [3.8, 4) is 0 Å². The predicted octanol–water partition coefficient (Wildman–Crippen LogP) is 1.59. The molecular formula is C12H27ClN2O2. The number of hydrogen-bond acceptors (Lipinski definition) is 3. The van der Waals surface area contributed by atoms with E-state index in [2.05, 4.69) is 5.32 Å². The first kappa shape index (κ1) is 19.0. The molecule has 0 spiro atoms. The minimum atomic E-state index is -0.736. The number of halogens is 1. The second-order valence-electron chi connectivity index (χ2n) is 4.56. The third kappa shape index (κ3) is 9.39. The van der Waals surface area contributed by atoms with Crippen molar-refractivity contribution in [2.24, 2.45) is 5.73 Å². The first-order valence-electron chi connectivity index (χ1n) is 6.22. The van der Waals surface area contributed by atoms with E-state index < -0.39 is 5.54 Å². The minimum absolute atomic E-state index is 0. The van der Waals surface area contributed by atoms with Crippen molar-refractivity contribution >= 4 is 18.3 Å². The van der Waals surface area contributed by atoms with Crippen LogP contribution in [-0.4, -0.2) is 29.7 Å². The summed E-state index contributed by atoms with van der Waals surface area (Å²) >= 11 is 0. The number of aliphatic hydroxyl groups is 1. The van der Waals surface area contributed by atoms with Crippen LogP contribution in [0.3, 0.4) is 0 Å². The van der Waals surface area contributed by atoms with Crippen LogP contribution in [0.1, 0.15) is 52.4 Å². The summed E-state index contributed by atoms with van der Waals surface area (Å²) in [7, 11) is 0. The molecular weight excluding hydrogens is 240 g/mol. The maximum absolute atomic E-state index is 11.7. The number of carbonyl (C=O) groups is 1. The molecule has 0 fully saturated rings. The molecule has 5 heteroatoms. The summed E-state index contributed by atoms with van der Waals surface area (Å²) in [5.41, 5.74) is 5.15. The molecule has 0 aliphatic heterocycles. The molecule has 1 atom stereocenters. The van der Waals surface area contributed by atoms with E-state index in [0.29, 0.717) is 13.0 Å². The maximum Gasteiger partial charge on any atom is 0.239 e. The lowest BCUT2D eigenvalue weighted by atomic mass is 9.96. The first-order chi connectivity index (χ1) is 7.54. The molecule has 0 aromatic rings. The third-order valence-corrected chi connectivity index (χ3v) is 2.66. The summed E-state index contributed by atoms with van der Waals surface area (Å²) in [6, 6.07) is 0. The average molecular weight is 267 g/mol. The summed E-state index contributed by atoms with van der Waals surface area (Å²) in [4.78, 5) is 11.7. The second-order valence-corrected chi connectivity index (χ2v) is 4.56. The zero-order chi connectivity index (χ0) is 12.4. The molecule has 0 aromatic carbocycles. The van der Waals surface area contributed by atoms with Gasteiger partial charge in [0.25, 0.3) is 0 Å². The van der Waals surface area contributed by atoms with Crippen LogP contribution in [0.4, 0.5) is 0 Å². The monoisotopic (exact) mass is 266 g/mol. The van der Waals surface area contributed by atoms with Crippen LogP contribution < -0.4 is 11.1 Å². The van der Waals surface area contributed by atoms with Gasteiger partial charge < -0.3 is 16.2 Å². The Balaban J connectivity index is 0. The Labute approximate surface area is 111 Å². The lowest BCUT2D eigenvalue weighted by molar-refractivity contribution is -0.126. The van der Waals surface area contributed by atoms with E-state index in [1.807, 2.05) is 6.92 Å². The van der Waals surface area contributed by atoms with Crippen LogP contribution in [0.15, 0.2) is 0 Å². The van der Waals surface area contributed by atoms with E-state index in [1.165, 1.54) is 0 Å². The van der Waals surface area contributed by atoms with Gasteiger partial charge >= 0.3 is 0 Å². The number of hydrogen-bond donors (Lipinski definition) is 3. The zero-order valence-electron chi connectivity index (χ0n) is 11.0. The summed E-state index contributed by atoms with van der Waals surface area (Å²) in [5.74, 6) is -0.0588. The van der Waals surface area contributed by atoms with Gasteiger partial charge in [0.15, 0.2) is 0 Å². The van der Waals surface area contributed by atoms with E-state index in [-0.39, 0.29) is 24.9 Å². The SMILES string of the molecule is CCCC(C)(N)C(=O)NCCCCCCO.Cl. The molecule has 0 heterocycles. The van der Waals surface area contributed by atoms with Crippen molar-refractivity contribution < 1.29 is 9.90 Å². The van der Waals surface area contributed by atoms with E-state index >= 15 is 0 Å². The largest absolute Gasteiger partial charge is 0.396 e. The highest BCUT2D eigenvalue weighted by Gasteiger charge is 2.26. The Morgan fingerprint density at radius 3 is 2.41 bits per heavy atom. The van der Waals surface area contributed by atoms with Gasteiger partial charge in [0.2, 0.25) is 5.91 Å². The molecule has 0 saturated carbocycles. The van der Waals surface area contributed by atoms with Crippen molar-refractivity contribution in [2.45, 2.75) is 57.9 Å². The molecule has 104 valence electrons. The molecule has 1 unspecified atom stereocenters. The minimum Gasteiger partial charge on any atom is -0.396 e. The topological polar surface area (TPSA) is 75.4 Å². The fourth-order valence-electron chi connectivity index (χ4n) is 1.63. The van der Waals surface area contributed by atoms with Gasteiger partial charge in [-0.1, -0.05) is 26.2 Å². The Morgan fingerprint density at radius 2 is 1.88 bits per heavy atom. The van der Waals surface area contributed by atoms with Gasteiger partial charge in [-0.05, 0) is 26.2 Å². The highest BCUT2D eigenvalue weighted by atomic mass is 35.5. The highest BCUT2D eigenvalue weighted by molar-refractivity contribution is 5.85. The predicted molar refractivity (Wildman–Crippen MR) is 73.3 cm³/mol. The standard InChI is InChI=1S/C12H26N2O2.ClH/c1-3-8-12(2,13)11(16)14-9-6-4-5-7-10-15;/h15H,3-10,13H2,1-2H3,(H,14,16);1H. The van der Waals surface area contributed by atoms with E-state index in [4.69, 9.17) is 10.8 Å². The van der Waals surface area contributed by atoms with E-state index in [0.717, 1.165) is 32.1 Å². The molecule has 17 heavy (non-hydrogen) atoms. The summed E-state index contributed by atoms with van der Waals surface area (Å²) < 4.78 is 0. The molecule has 0 radical (unpaired) electrons. The number of carbonyl (C=O) groups excluding carboxylic acids is 1. The molecule has 1 amide bonds. The Morgan fingerprint density at radius 1 is 1.29 bits per heavy atom. The third-order valence-electron chi connectivity index (χ3n) is 2.66. The molecule has 0 rings (SSSR count). The number of aliphatic hydroxyl groups excluding tert-OH is 1. The van der Waals surface area contributed by atoms with Crippen molar-refractivity contribution in [2.75, 3.05) is 13.2 Å². The lowest BCUT2D eigenvalue weighted by Crippen LogP contribution is -2.51. The van der Waals surface area contributed by atoms with Gasteiger partial charge in [0, 0.05) is 13.2 Å². The van der Waals surface area contributed by atoms with Gasteiger partial charge in [0.05, 0.1) is 5.54 Å². The summed E-state index contributed by atoms with van der Waals surface area (Å²) in [6.45, 7) is 4.73. The first-order valence-corrected chi connectivity index (χ1v) is 6.22. The van der Waals surface area contributed by atoms with Crippen LogP contribution in [0.5, 0.6) is 0 Å². The highest BCUT2D eigenvalue weighted by Crippen LogP contribution is 2.08. The fourth-order valence-corrected chi connectivity index (χ4v) is 1.63. The average Bonchev–Trinajstić information content (AvgIpc) is 2.22. The molecule has 0 aliphatic carbocycles. The van der Waals surface area contributed by atoms with Crippen LogP contribution >= 0.6 is 12.4 Å². The molecule has 0 saturated heterocycles. The number of amides is 1. The molecule has 4 N–H and O–H groups in total. The molecule has 0 aliphatic rings. The molecule has 4 nitrogen and oxygen atoms in total. The van der Waals surface area contributed by atoms with Crippen LogP contribution in [0.2, 0.25) is 0 Å². The van der Waals surface area contributed by atoms with Crippen LogP contribution in [0.25, 0.3) is 0 Å². The number of nitrogens with one attached hydrogen (secondary N) is 1. The zero-order valence-corrected chi connectivity index (χ0v) is 11.8. The quantitative estimate of drug-likeness (QED) is 0.555. The van der Waals surface area contributed by atoms with Gasteiger partial charge in [-0.2, -0.15) is 0 Å². The van der Waals surface area contributed by atoms with Crippen molar-refractivity contribution in [1.82, 2.24) is 5.32 Å². The van der Waals surface area contributed by atoms with Gasteiger partial charge in [-0.25, -0.2) is 0 Å². The fraction of sp³-hybridized carbons (Fsp3) is 0.917. The van der Waals surface area contributed by atoms with Crippen LogP contribution in [-0.2, 0) is 4.79 Å². The van der Waals surface area contributed by atoms with E-state index in [1.54, 1.807) is 6.92 Å². The van der Waals surface area contributed by atoms with Crippen molar-refractivity contribution in [1.29, 1.82) is 0 Å². The van der Waals surface area contributed by atoms with Crippen molar-refractivity contribution in [3.63, 3.8) is 0 Å². The van der Waals surface area contributed by atoms with Crippen LogP contribution in [0, 0.1) is 0 Å². The van der Waals surface area contributed by atoms with Crippen molar-refractivity contribution in [3.05, 3.63) is 0 Å². The Hall–Kier alpha value is -0.320. The Bertz CT molecular complexity index is 199. The van der Waals surface area contributed by atoms with Gasteiger partial charge in [0.1, 0.15) is 0 Å². The summed E-state index contributed by atoms with van der Waals surface area (Å²) in [6.07, 6.45) is 5.48.